The third kappa shape index (κ3) is 4.49. The normalized spacial score (nSPS) is 11.7. The summed E-state index contributed by atoms with van der Waals surface area (Å²) in [7, 11) is 0. The van der Waals surface area contributed by atoms with Gasteiger partial charge in [-0.1, -0.05) is 140 Å². The van der Waals surface area contributed by atoms with E-state index in [1.54, 1.807) is 0 Å². The van der Waals surface area contributed by atoms with Gasteiger partial charge in [-0.25, -0.2) is 15.0 Å². The second-order valence-corrected chi connectivity index (χ2v) is 12.4. The van der Waals surface area contributed by atoms with Gasteiger partial charge in [-0.15, -0.1) is 0 Å². The molecule has 0 aliphatic carbocycles. The van der Waals surface area contributed by atoms with Gasteiger partial charge in [0.25, 0.3) is 0 Å². The van der Waals surface area contributed by atoms with E-state index in [1.165, 1.54) is 16.2 Å². The van der Waals surface area contributed by atoms with Crippen LogP contribution in [-0.4, -0.2) is 15.0 Å². The molecule has 0 saturated heterocycles. The highest BCUT2D eigenvalue weighted by Gasteiger charge is 2.20. The van der Waals surface area contributed by atoms with Crippen molar-refractivity contribution in [2.24, 2.45) is 0 Å². The fourth-order valence-corrected chi connectivity index (χ4v) is 7.23. The van der Waals surface area contributed by atoms with Crippen molar-refractivity contribution in [3.05, 3.63) is 164 Å². The van der Waals surface area contributed by atoms with E-state index in [9.17, 15) is 0 Å². The van der Waals surface area contributed by atoms with Gasteiger partial charge in [-0.2, -0.15) is 0 Å². The monoisotopic (exact) mass is 625 g/mol. The zero-order valence-electron chi connectivity index (χ0n) is 26.3. The van der Waals surface area contributed by atoms with E-state index in [1.807, 2.05) is 30.3 Å². The van der Waals surface area contributed by atoms with Crippen LogP contribution in [0.5, 0.6) is 0 Å². The number of fused-ring (bicyclic) bond motifs is 7. The Morgan fingerprint density at radius 3 is 1.80 bits per heavy atom. The Bertz CT molecular complexity index is 2890. The van der Waals surface area contributed by atoms with Crippen LogP contribution >= 0.6 is 0 Å². The summed E-state index contributed by atoms with van der Waals surface area (Å²) in [5.41, 5.74) is 6.71. The van der Waals surface area contributed by atoms with Crippen LogP contribution in [0.4, 0.5) is 0 Å². The maximum Gasteiger partial charge on any atom is 0.164 e. The molecule has 228 valence electrons. The Kier molecular flexibility index (Phi) is 6.15. The largest absolute Gasteiger partial charge is 0.456 e. The standard InChI is InChI=1S/C45H27N3O/c1-2-12-29(13-3-1)38-26-31(27-39-33-18-7-5-15-30(33)24-25-34(38)39)43-46-44(35-20-10-16-28-14-4-6-17-32(28)35)48-45(47-43)37-21-11-23-41-42(37)36-19-8-9-22-40(36)49-41/h1-27H. The average Bonchev–Trinajstić information content (AvgIpc) is 3.56. The SMILES string of the molecule is c1ccc(-c2cc(-c3nc(-c4cccc5ccccc45)nc(-c4cccc5oc6ccccc6c45)n3)cc3c2ccc2ccccc23)cc1. The molecule has 4 nitrogen and oxygen atoms in total. The molecule has 0 aliphatic rings. The second-order valence-electron chi connectivity index (χ2n) is 12.4. The molecule has 2 heterocycles. The zero-order valence-corrected chi connectivity index (χ0v) is 26.3. The van der Waals surface area contributed by atoms with Crippen LogP contribution in [0.3, 0.4) is 0 Å². The number of para-hydroxylation sites is 1. The van der Waals surface area contributed by atoms with Gasteiger partial charge < -0.3 is 4.42 Å². The first kappa shape index (κ1) is 27.5. The summed E-state index contributed by atoms with van der Waals surface area (Å²) in [5, 5.41) is 8.98. The van der Waals surface area contributed by atoms with E-state index in [4.69, 9.17) is 19.4 Å². The van der Waals surface area contributed by atoms with Crippen molar-refractivity contribution in [3.8, 4) is 45.3 Å². The van der Waals surface area contributed by atoms with Crippen LogP contribution in [0.1, 0.15) is 0 Å². The maximum atomic E-state index is 6.28. The Balaban J connectivity index is 1.31. The average molecular weight is 626 g/mol. The van der Waals surface area contributed by atoms with Crippen molar-refractivity contribution in [2.75, 3.05) is 0 Å². The Morgan fingerprint density at radius 2 is 0.939 bits per heavy atom. The number of furan rings is 1. The minimum atomic E-state index is 0.601. The molecule has 49 heavy (non-hydrogen) atoms. The van der Waals surface area contributed by atoms with Crippen LogP contribution < -0.4 is 0 Å². The van der Waals surface area contributed by atoms with Crippen molar-refractivity contribution in [1.82, 2.24) is 15.0 Å². The molecule has 0 saturated carbocycles. The molecule has 8 aromatic carbocycles. The van der Waals surface area contributed by atoms with E-state index in [2.05, 4.69) is 133 Å². The molecule has 10 rings (SSSR count). The van der Waals surface area contributed by atoms with Crippen molar-refractivity contribution in [2.45, 2.75) is 0 Å². The van der Waals surface area contributed by atoms with E-state index >= 15 is 0 Å². The molecule has 2 aromatic heterocycles. The van der Waals surface area contributed by atoms with Gasteiger partial charge in [-0.05, 0) is 67.7 Å². The summed E-state index contributed by atoms with van der Waals surface area (Å²) in [6, 6.07) is 56.9. The number of aromatic nitrogens is 3. The third-order valence-corrected chi connectivity index (χ3v) is 9.51. The van der Waals surface area contributed by atoms with Crippen molar-refractivity contribution in [1.29, 1.82) is 0 Å². The highest BCUT2D eigenvalue weighted by molar-refractivity contribution is 6.14. The molecule has 0 atom stereocenters. The van der Waals surface area contributed by atoms with Crippen molar-refractivity contribution in [3.63, 3.8) is 0 Å². The third-order valence-electron chi connectivity index (χ3n) is 9.51. The zero-order chi connectivity index (χ0) is 32.3. The van der Waals surface area contributed by atoms with Crippen LogP contribution in [0.15, 0.2) is 168 Å². The molecule has 10 aromatic rings. The van der Waals surface area contributed by atoms with Gasteiger partial charge in [0.2, 0.25) is 0 Å². The van der Waals surface area contributed by atoms with Gasteiger partial charge in [0.05, 0.1) is 0 Å². The molecular formula is C45H27N3O. The molecular weight excluding hydrogens is 599 g/mol. The van der Waals surface area contributed by atoms with Gasteiger partial charge in [0.1, 0.15) is 11.2 Å². The Morgan fingerprint density at radius 1 is 0.327 bits per heavy atom. The first-order valence-electron chi connectivity index (χ1n) is 16.4. The number of hydrogen-bond donors (Lipinski definition) is 0. The predicted molar refractivity (Wildman–Crippen MR) is 201 cm³/mol. The molecule has 0 N–H and O–H groups in total. The van der Waals surface area contributed by atoms with E-state index in [0.29, 0.717) is 17.5 Å². The van der Waals surface area contributed by atoms with Crippen LogP contribution in [-0.2, 0) is 0 Å². The fraction of sp³-hybridized carbons (Fsp3) is 0. The summed E-state index contributed by atoms with van der Waals surface area (Å²) in [6.07, 6.45) is 0. The van der Waals surface area contributed by atoms with Crippen LogP contribution in [0, 0.1) is 0 Å². The smallest absolute Gasteiger partial charge is 0.164 e. The first-order valence-corrected chi connectivity index (χ1v) is 16.4. The van der Waals surface area contributed by atoms with E-state index < -0.39 is 0 Å². The second kappa shape index (κ2) is 11.0. The quantitative estimate of drug-likeness (QED) is 0.183. The van der Waals surface area contributed by atoms with Crippen LogP contribution in [0.25, 0.3) is 99.5 Å². The van der Waals surface area contributed by atoms with Crippen LogP contribution in [0.2, 0.25) is 0 Å². The lowest BCUT2D eigenvalue weighted by molar-refractivity contribution is 0.669. The molecule has 0 radical (unpaired) electrons. The molecule has 0 amide bonds. The van der Waals surface area contributed by atoms with Gasteiger partial charge in [-0.3, -0.25) is 0 Å². The lowest BCUT2D eigenvalue weighted by Crippen LogP contribution is -2.01. The lowest BCUT2D eigenvalue weighted by Gasteiger charge is -2.14. The summed E-state index contributed by atoms with van der Waals surface area (Å²) in [6.45, 7) is 0. The van der Waals surface area contributed by atoms with E-state index in [-0.39, 0.29) is 0 Å². The van der Waals surface area contributed by atoms with Crippen molar-refractivity contribution >= 4 is 54.3 Å². The topological polar surface area (TPSA) is 51.8 Å². The molecule has 0 spiro atoms. The number of benzene rings is 8. The lowest BCUT2D eigenvalue weighted by atomic mass is 9.92. The Hall–Kier alpha value is -6.65. The Labute approximate surface area is 282 Å². The number of hydrogen-bond acceptors (Lipinski definition) is 4. The van der Waals surface area contributed by atoms with Crippen molar-refractivity contribution < 1.29 is 4.42 Å². The maximum absolute atomic E-state index is 6.28. The summed E-state index contributed by atoms with van der Waals surface area (Å²) >= 11 is 0. The molecule has 0 aliphatic heterocycles. The molecule has 0 fully saturated rings. The molecule has 4 heteroatoms. The summed E-state index contributed by atoms with van der Waals surface area (Å²) in [5.74, 6) is 1.84. The first-order chi connectivity index (χ1) is 24.3. The highest BCUT2D eigenvalue weighted by atomic mass is 16.3. The molecule has 0 bridgehead atoms. The van der Waals surface area contributed by atoms with Gasteiger partial charge >= 0.3 is 0 Å². The predicted octanol–water partition coefficient (Wildman–Crippen LogP) is 11.9. The number of nitrogens with zero attached hydrogens (tertiary/aromatic N) is 3. The minimum absolute atomic E-state index is 0.601. The van der Waals surface area contributed by atoms with Gasteiger partial charge in [0, 0.05) is 27.5 Å². The fourth-order valence-electron chi connectivity index (χ4n) is 7.23. The minimum Gasteiger partial charge on any atom is -0.456 e. The summed E-state index contributed by atoms with van der Waals surface area (Å²) in [4.78, 5) is 15.7. The van der Waals surface area contributed by atoms with Gasteiger partial charge in [0.15, 0.2) is 17.5 Å². The summed E-state index contributed by atoms with van der Waals surface area (Å²) < 4.78 is 6.28. The molecule has 0 unspecified atom stereocenters. The highest BCUT2D eigenvalue weighted by Crippen LogP contribution is 2.40. The van der Waals surface area contributed by atoms with E-state index in [0.717, 1.165) is 65.9 Å². The number of rotatable bonds is 4.